The highest BCUT2D eigenvalue weighted by Crippen LogP contribution is 2.34. The van der Waals surface area contributed by atoms with E-state index in [2.05, 4.69) is 25.6 Å². The van der Waals surface area contributed by atoms with E-state index >= 15 is 0 Å². The Balaban J connectivity index is 1.57. The summed E-state index contributed by atoms with van der Waals surface area (Å²) in [6.45, 7) is 1.61. The smallest absolute Gasteiger partial charge is 0.417 e. The van der Waals surface area contributed by atoms with Gasteiger partial charge in [-0.15, -0.1) is 0 Å². The molecule has 162 valence electrons. The zero-order chi connectivity index (χ0) is 21.7. The monoisotopic (exact) mass is 442 g/mol. The predicted octanol–water partition coefficient (Wildman–Crippen LogP) is 3.10. The van der Waals surface area contributed by atoms with E-state index in [-0.39, 0.29) is 11.1 Å². The van der Waals surface area contributed by atoms with Crippen LogP contribution in [0.2, 0.25) is 5.02 Å². The maximum Gasteiger partial charge on any atom is 0.417 e. The summed E-state index contributed by atoms with van der Waals surface area (Å²) < 4.78 is 43.5. The zero-order valence-corrected chi connectivity index (χ0v) is 17.3. The second-order valence-electron chi connectivity index (χ2n) is 6.70. The first-order valence-electron chi connectivity index (χ1n) is 9.25. The number of guanidine groups is 1. The van der Waals surface area contributed by atoms with Gasteiger partial charge in [0.1, 0.15) is 5.82 Å². The molecule has 1 atom stereocenters. The molecule has 1 aliphatic heterocycles. The molecule has 0 spiro atoms. The Morgan fingerprint density at radius 2 is 2.20 bits per heavy atom. The highest BCUT2D eigenvalue weighted by atomic mass is 35.5. The summed E-state index contributed by atoms with van der Waals surface area (Å²) in [7, 11) is 3.22. The number of nitrogens with zero attached hydrogens (tertiary/aromatic N) is 4. The number of pyridine rings is 2. The van der Waals surface area contributed by atoms with Gasteiger partial charge in [0.05, 0.1) is 29.9 Å². The number of aromatic nitrogens is 2. The van der Waals surface area contributed by atoms with E-state index in [4.69, 9.17) is 16.3 Å². The standard InChI is InChI=1S/C19H22ClF3N6O/c1-24-18(26-10-13-4-3-5-16(27-13)30-2)28-14-6-7-29(11-14)17-15(20)8-12(9-25-17)19(21,22)23/h3-5,8-9,14H,6-7,10-11H2,1-2H3,(H2,24,26,28). The van der Waals surface area contributed by atoms with Gasteiger partial charge in [0.15, 0.2) is 5.96 Å². The first kappa shape index (κ1) is 21.9. The molecule has 2 aromatic rings. The van der Waals surface area contributed by atoms with Gasteiger partial charge in [-0.25, -0.2) is 9.97 Å². The molecule has 3 rings (SSSR count). The summed E-state index contributed by atoms with van der Waals surface area (Å²) in [5.41, 5.74) is -0.0630. The van der Waals surface area contributed by atoms with Gasteiger partial charge in [-0.3, -0.25) is 4.99 Å². The van der Waals surface area contributed by atoms with Crippen molar-refractivity contribution in [2.45, 2.75) is 25.2 Å². The number of halogens is 4. The molecule has 0 bridgehead atoms. The maximum absolute atomic E-state index is 12.8. The molecule has 2 N–H and O–H groups in total. The fourth-order valence-corrected chi connectivity index (χ4v) is 3.41. The molecule has 3 heterocycles. The van der Waals surface area contributed by atoms with Gasteiger partial charge in [-0.2, -0.15) is 13.2 Å². The van der Waals surface area contributed by atoms with Crippen LogP contribution in [0.5, 0.6) is 5.88 Å². The van der Waals surface area contributed by atoms with Crippen molar-refractivity contribution in [1.29, 1.82) is 0 Å². The lowest BCUT2D eigenvalue weighted by Crippen LogP contribution is -2.44. The van der Waals surface area contributed by atoms with Gasteiger partial charge in [0.2, 0.25) is 5.88 Å². The number of hydrogen-bond donors (Lipinski definition) is 2. The number of rotatable bonds is 5. The molecule has 0 saturated carbocycles. The van der Waals surface area contributed by atoms with Gasteiger partial charge in [-0.1, -0.05) is 17.7 Å². The Labute approximate surface area is 177 Å². The van der Waals surface area contributed by atoms with Crippen molar-refractivity contribution in [3.05, 3.63) is 46.7 Å². The summed E-state index contributed by atoms with van der Waals surface area (Å²) in [6, 6.07) is 6.44. The van der Waals surface area contributed by atoms with Crippen LogP contribution in [0.4, 0.5) is 19.0 Å². The highest BCUT2D eigenvalue weighted by molar-refractivity contribution is 6.33. The van der Waals surface area contributed by atoms with Gasteiger partial charge in [0.25, 0.3) is 0 Å². The van der Waals surface area contributed by atoms with Crippen molar-refractivity contribution in [2.75, 3.05) is 32.1 Å². The summed E-state index contributed by atoms with van der Waals surface area (Å²) in [6.07, 6.45) is -2.90. The lowest BCUT2D eigenvalue weighted by atomic mass is 10.2. The van der Waals surface area contributed by atoms with Crippen LogP contribution in [0.25, 0.3) is 0 Å². The first-order valence-corrected chi connectivity index (χ1v) is 9.62. The van der Waals surface area contributed by atoms with Crippen molar-refractivity contribution in [2.24, 2.45) is 4.99 Å². The molecule has 1 fully saturated rings. The molecular weight excluding hydrogens is 421 g/mol. The minimum absolute atomic E-state index is 0.0166. The summed E-state index contributed by atoms with van der Waals surface area (Å²) in [4.78, 5) is 14.3. The number of hydrogen-bond acceptors (Lipinski definition) is 5. The van der Waals surface area contributed by atoms with Crippen molar-refractivity contribution in [3.8, 4) is 5.88 Å². The summed E-state index contributed by atoms with van der Waals surface area (Å²) >= 11 is 6.06. The molecule has 0 amide bonds. The number of ether oxygens (including phenoxy) is 1. The third kappa shape index (κ3) is 5.44. The Morgan fingerprint density at radius 3 is 2.87 bits per heavy atom. The van der Waals surface area contributed by atoms with Gasteiger partial charge < -0.3 is 20.3 Å². The first-order chi connectivity index (χ1) is 14.3. The molecule has 1 saturated heterocycles. The molecular formula is C19H22ClF3N6O. The fourth-order valence-electron chi connectivity index (χ4n) is 3.12. The number of aliphatic imine (C=N–C) groups is 1. The third-order valence-electron chi connectivity index (χ3n) is 4.63. The number of methoxy groups -OCH3 is 1. The van der Waals surface area contributed by atoms with Crippen LogP contribution in [0, 0.1) is 0 Å². The topological polar surface area (TPSA) is 74.7 Å². The van der Waals surface area contributed by atoms with Crippen LogP contribution in [0.15, 0.2) is 35.5 Å². The van der Waals surface area contributed by atoms with Gasteiger partial charge in [0, 0.05) is 38.4 Å². The van der Waals surface area contributed by atoms with E-state index in [1.165, 1.54) is 0 Å². The molecule has 1 aliphatic rings. The lowest BCUT2D eigenvalue weighted by molar-refractivity contribution is -0.137. The van der Waals surface area contributed by atoms with E-state index in [9.17, 15) is 13.2 Å². The molecule has 7 nitrogen and oxygen atoms in total. The second-order valence-corrected chi connectivity index (χ2v) is 7.11. The van der Waals surface area contributed by atoms with Crippen LogP contribution in [-0.4, -0.2) is 49.2 Å². The zero-order valence-electron chi connectivity index (χ0n) is 16.5. The largest absolute Gasteiger partial charge is 0.481 e. The summed E-state index contributed by atoms with van der Waals surface area (Å²) in [5, 5.41) is 6.48. The maximum atomic E-state index is 12.8. The average Bonchev–Trinajstić information content (AvgIpc) is 3.18. The predicted molar refractivity (Wildman–Crippen MR) is 109 cm³/mol. The van der Waals surface area contributed by atoms with Crippen molar-refractivity contribution in [1.82, 2.24) is 20.6 Å². The average molecular weight is 443 g/mol. The number of nitrogens with one attached hydrogen (secondary N) is 2. The normalized spacial score (nSPS) is 17.2. The Morgan fingerprint density at radius 1 is 1.40 bits per heavy atom. The van der Waals surface area contributed by atoms with E-state index in [1.54, 1.807) is 20.2 Å². The molecule has 0 aromatic carbocycles. The second kappa shape index (κ2) is 9.38. The van der Waals surface area contributed by atoms with E-state index in [1.807, 2.05) is 17.0 Å². The van der Waals surface area contributed by atoms with Crippen LogP contribution in [0.1, 0.15) is 17.7 Å². The van der Waals surface area contributed by atoms with Crippen LogP contribution < -0.4 is 20.3 Å². The third-order valence-corrected chi connectivity index (χ3v) is 4.91. The van der Waals surface area contributed by atoms with Crippen molar-refractivity contribution < 1.29 is 17.9 Å². The molecule has 30 heavy (non-hydrogen) atoms. The minimum Gasteiger partial charge on any atom is -0.481 e. The molecule has 0 aliphatic carbocycles. The van der Waals surface area contributed by atoms with Gasteiger partial charge in [-0.05, 0) is 18.6 Å². The Kier molecular flexibility index (Phi) is 6.86. The van der Waals surface area contributed by atoms with Gasteiger partial charge >= 0.3 is 6.18 Å². The molecule has 11 heteroatoms. The number of alkyl halides is 3. The SMILES string of the molecule is CN=C(NCc1cccc(OC)n1)NC1CCN(c2ncc(C(F)(F)F)cc2Cl)C1. The quantitative estimate of drug-likeness (QED) is 0.547. The highest BCUT2D eigenvalue weighted by Gasteiger charge is 2.33. The molecule has 1 unspecified atom stereocenters. The van der Waals surface area contributed by atoms with Crippen LogP contribution in [0.3, 0.4) is 0 Å². The Hall–Kier alpha value is -2.75. The fraction of sp³-hybridized carbons (Fsp3) is 0.421. The van der Waals surface area contributed by atoms with Crippen LogP contribution in [-0.2, 0) is 12.7 Å². The van der Waals surface area contributed by atoms with E-state index < -0.39 is 11.7 Å². The lowest BCUT2D eigenvalue weighted by Gasteiger charge is -2.21. The molecule has 0 radical (unpaired) electrons. The van der Waals surface area contributed by atoms with E-state index in [0.29, 0.717) is 37.3 Å². The van der Waals surface area contributed by atoms with Crippen molar-refractivity contribution in [3.63, 3.8) is 0 Å². The number of anilines is 1. The van der Waals surface area contributed by atoms with Crippen molar-refractivity contribution >= 4 is 23.4 Å². The van der Waals surface area contributed by atoms with E-state index in [0.717, 1.165) is 24.4 Å². The molecule has 2 aromatic heterocycles. The van der Waals surface area contributed by atoms with Crippen LogP contribution >= 0.6 is 11.6 Å². The summed E-state index contributed by atoms with van der Waals surface area (Å²) in [5.74, 6) is 1.47. The Bertz CT molecular complexity index is 908. The minimum atomic E-state index is -4.47.